The summed E-state index contributed by atoms with van der Waals surface area (Å²) in [5.74, 6) is -0.769. The molecule has 1 aliphatic rings. The largest absolute Gasteiger partial charge is 0.442 e. The summed E-state index contributed by atoms with van der Waals surface area (Å²) in [5.41, 5.74) is -0.431. The molecule has 1 fully saturated rings. The third kappa shape index (κ3) is 2.51. The number of aromatic nitrogens is 2. The molecule has 8 heteroatoms. The van der Waals surface area contributed by atoms with Crippen molar-refractivity contribution in [3.8, 4) is 0 Å². The maximum Gasteiger partial charge on any atom is 0.442 e. The van der Waals surface area contributed by atoms with Gasteiger partial charge in [0, 0.05) is 18.5 Å². The zero-order valence-electron chi connectivity index (χ0n) is 11.1. The van der Waals surface area contributed by atoms with E-state index in [1.165, 1.54) is 0 Å². The minimum absolute atomic E-state index is 0.248. The Balaban J connectivity index is 2.24. The van der Waals surface area contributed by atoms with Crippen molar-refractivity contribution in [2.45, 2.75) is 32.7 Å². The van der Waals surface area contributed by atoms with Crippen LogP contribution in [0.15, 0.2) is 9.32 Å². The minimum Gasteiger partial charge on any atom is -0.336 e. The first kappa shape index (κ1) is 13.3. The molecule has 0 atom stereocenters. The molecule has 0 radical (unpaired) electrons. The smallest absolute Gasteiger partial charge is 0.336 e. The van der Waals surface area contributed by atoms with Gasteiger partial charge in [0.1, 0.15) is 6.54 Å². The van der Waals surface area contributed by atoms with E-state index in [0.717, 1.165) is 9.47 Å². The van der Waals surface area contributed by atoms with E-state index in [0.29, 0.717) is 18.9 Å². The van der Waals surface area contributed by atoms with Gasteiger partial charge in [0.25, 0.3) is 5.91 Å². The molecule has 104 valence electrons. The molecule has 1 aromatic heterocycles. The average Bonchev–Trinajstić information content (AvgIpc) is 2.85. The maximum absolute atomic E-state index is 12.0. The van der Waals surface area contributed by atoms with Crippen LogP contribution in [-0.2, 0) is 16.8 Å². The van der Waals surface area contributed by atoms with Crippen LogP contribution >= 0.6 is 0 Å². The molecule has 3 amide bonds. The lowest BCUT2D eigenvalue weighted by Gasteiger charge is -2.18. The van der Waals surface area contributed by atoms with Crippen LogP contribution < -0.4 is 11.1 Å². The molecule has 8 nitrogen and oxygen atoms in total. The number of nitrogens with zero attached hydrogens (tertiary/aromatic N) is 3. The molecule has 19 heavy (non-hydrogen) atoms. The molecule has 1 N–H and O–H groups in total. The summed E-state index contributed by atoms with van der Waals surface area (Å²) in [7, 11) is 0. The minimum atomic E-state index is -0.696. The third-order valence-corrected chi connectivity index (χ3v) is 2.81. The van der Waals surface area contributed by atoms with Crippen molar-refractivity contribution in [2.75, 3.05) is 13.1 Å². The van der Waals surface area contributed by atoms with Crippen LogP contribution in [-0.4, -0.2) is 39.7 Å². The Bertz CT molecular complexity index is 566. The number of amides is 3. The Kier molecular flexibility index (Phi) is 3.17. The summed E-state index contributed by atoms with van der Waals surface area (Å²) < 4.78 is 5.76. The zero-order valence-corrected chi connectivity index (χ0v) is 11.1. The Morgan fingerprint density at radius 3 is 2.63 bits per heavy atom. The van der Waals surface area contributed by atoms with Crippen molar-refractivity contribution in [2.24, 2.45) is 0 Å². The number of carbonyl (C=O) groups is 2. The van der Waals surface area contributed by atoms with Gasteiger partial charge in [-0.3, -0.25) is 18.8 Å². The van der Waals surface area contributed by atoms with Gasteiger partial charge in [0.2, 0.25) is 0 Å². The number of carbonyl (C=O) groups excluding carboxylic acids is 2. The highest BCUT2D eigenvalue weighted by Gasteiger charge is 2.30. The van der Waals surface area contributed by atoms with Crippen molar-refractivity contribution < 1.29 is 14.1 Å². The number of rotatable bonds is 2. The van der Waals surface area contributed by atoms with Gasteiger partial charge in [-0.05, 0) is 0 Å². The van der Waals surface area contributed by atoms with Crippen molar-refractivity contribution in [3.05, 3.63) is 16.4 Å². The second kappa shape index (κ2) is 4.52. The first-order valence-electron chi connectivity index (χ1n) is 5.96. The second-order valence-electron chi connectivity index (χ2n) is 5.39. The van der Waals surface area contributed by atoms with E-state index in [1.807, 2.05) is 20.8 Å². The number of urea groups is 1. The molecule has 0 unspecified atom stereocenters. The SMILES string of the molecule is CC(C)(C)c1noc(=O)n1CC(=O)N1CCNC1=O. The van der Waals surface area contributed by atoms with Gasteiger partial charge in [-0.2, -0.15) is 0 Å². The Morgan fingerprint density at radius 2 is 2.11 bits per heavy atom. The molecule has 1 aromatic rings. The predicted octanol–water partition coefficient (Wildman–Crippen LogP) is -0.314. The van der Waals surface area contributed by atoms with Crippen LogP contribution in [0.5, 0.6) is 0 Å². The van der Waals surface area contributed by atoms with E-state index in [-0.39, 0.29) is 6.54 Å². The lowest BCUT2D eigenvalue weighted by molar-refractivity contribution is -0.128. The summed E-state index contributed by atoms with van der Waals surface area (Å²) in [6.07, 6.45) is 0. The number of hydrogen-bond donors (Lipinski definition) is 1. The first-order valence-corrected chi connectivity index (χ1v) is 5.96. The second-order valence-corrected chi connectivity index (χ2v) is 5.39. The molecule has 1 saturated heterocycles. The fraction of sp³-hybridized carbons (Fsp3) is 0.636. The average molecular weight is 268 g/mol. The van der Waals surface area contributed by atoms with E-state index in [9.17, 15) is 14.4 Å². The van der Waals surface area contributed by atoms with E-state index in [1.54, 1.807) is 0 Å². The van der Waals surface area contributed by atoms with E-state index >= 15 is 0 Å². The Labute approximate surface area is 109 Å². The molecule has 0 bridgehead atoms. The van der Waals surface area contributed by atoms with Gasteiger partial charge < -0.3 is 5.32 Å². The van der Waals surface area contributed by atoms with E-state index < -0.39 is 23.1 Å². The van der Waals surface area contributed by atoms with Gasteiger partial charge in [0.15, 0.2) is 5.82 Å². The summed E-state index contributed by atoms with van der Waals surface area (Å²) >= 11 is 0. The molecule has 2 heterocycles. The lowest BCUT2D eigenvalue weighted by atomic mass is 9.96. The summed E-state index contributed by atoms with van der Waals surface area (Å²) in [4.78, 5) is 36.0. The summed E-state index contributed by atoms with van der Waals surface area (Å²) in [6, 6.07) is -0.438. The molecule has 1 aliphatic heterocycles. The van der Waals surface area contributed by atoms with Gasteiger partial charge in [-0.1, -0.05) is 25.9 Å². The normalized spacial score (nSPS) is 15.7. The summed E-state index contributed by atoms with van der Waals surface area (Å²) in [5, 5.41) is 6.22. The van der Waals surface area contributed by atoms with Crippen LogP contribution in [0, 0.1) is 0 Å². The maximum atomic E-state index is 12.0. The van der Waals surface area contributed by atoms with Crippen molar-refractivity contribution in [3.63, 3.8) is 0 Å². The zero-order chi connectivity index (χ0) is 14.2. The standard InChI is InChI=1S/C11H16N4O4/c1-11(2,3)8-13-19-10(18)15(8)6-7(16)14-5-4-12-9(14)17/h4-6H2,1-3H3,(H,12,17). The quantitative estimate of drug-likeness (QED) is 0.793. The molecule has 0 aromatic carbocycles. The van der Waals surface area contributed by atoms with Gasteiger partial charge in [-0.25, -0.2) is 9.59 Å². The lowest BCUT2D eigenvalue weighted by Crippen LogP contribution is -2.39. The molecular formula is C11H16N4O4. The van der Waals surface area contributed by atoms with Crippen LogP contribution in [0.25, 0.3) is 0 Å². The summed E-state index contributed by atoms with van der Waals surface area (Å²) in [6.45, 7) is 6.05. The van der Waals surface area contributed by atoms with E-state index in [4.69, 9.17) is 0 Å². The van der Waals surface area contributed by atoms with Crippen LogP contribution in [0.1, 0.15) is 26.6 Å². The van der Waals surface area contributed by atoms with Crippen LogP contribution in [0.3, 0.4) is 0 Å². The highest BCUT2D eigenvalue weighted by atomic mass is 16.5. The predicted molar refractivity (Wildman–Crippen MR) is 64.6 cm³/mol. The topological polar surface area (TPSA) is 97.4 Å². The Hall–Kier alpha value is -2.12. The number of hydrogen-bond acceptors (Lipinski definition) is 5. The fourth-order valence-corrected chi connectivity index (χ4v) is 1.88. The van der Waals surface area contributed by atoms with Crippen molar-refractivity contribution >= 4 is 11.9 Å². The molecule has 2 rings (SSSR count). The van der Waals surface area contributed by atoms with Crippen LogP contribution in [0.4, 0.5) is 4.79 Å². The Morgan fingerprint density at radius 1 is 1.42 bits per heavy atom. The van der Waals surface area contributed by atoms with Gasteiger partial charge in [-0.15, -0.1) is 0 Å². The molecule has 0 spiro atoms. The molecule has 0 aliphatic carbocycles. The molecular weight excluding hydrogens is 252 g/mol. The fourth-order valence-electron chi connectivity index (χ4n) is 1.88. The highest BCUT2D eigenvalue weighted by Crippen LogP contribution is 2.18. The first-order chi connectivity index (χ1) is 8.80. The van der Waals surface area contributed by atoms with Crippen molar-refractivity contribution in [1.29, 1.82) is 0 Å². The number of nitrogens with one attached hydrogen (secondary N) is 1. The van der Waals surface area contributed by atoms with Gasteiger partial charge in [0.05, 0.1) is 0 Å². The van der Waals surface area contributed by atoms with Crippen LogP contribution in [0.2, 0.25) is 0 Å². The number of imide groups is 1. The molecule has 0 saturated carbocycles. The van der Waals surface area contributed by atoms with Crippen molar-refractivity contribution in [1.82, 2.24) is 19.9 Å². The highest BCUT2D eigenvalue weighted by molar-refractivity contribution is 5.95. The van der Waals surface area contributed by atoms with Gasteiger partial charge >= 0.3 is 11.8 Å². The monoisotopic (exact) mass is 268 g/mol. The van der Waals surface area contributed by atoms with E-state index in [2.05, 4.69) is 15.0 Å². The third-order valence-electron chi connectivity index (χ3n) is 2.81.